The first-order valence-corrected chi connectivity index (χ1v) is 10.9. The fraction of sp³-hybridized carbons (Fsp3) is 0.360. The Morgan fingerprint density at radius 1 is 0.844 bits per heavy atom. The molecular formula is C25H29N3O4. The summed E-state index contributed by atoms with van der Waals surface area (Å²) < 4.78 is 10.8. The quantitative estimate of drug-likeness (QED) is 0.651. The Labute approximate surface area is 188 Å². The Morgan fingerprint density at radius 2 is 1.50 bits per heavy atom. The molecule has 2 aromatic rings. The van der Waals surface area contributed by atoms with Crippen molar-refractivity contribution in [1.29, 1.82) is 0 Å². The molecule has 32 heavy (non-hydrogen) atoms. The zero-order chi connectivity index (χ0) is 22.8. The molecule has 1 fully saturated rings. The van der Waals surface area contributed by atoms with E-state index in [0.29, 0.717) is 47.1 Å². The predicted octanol–water partition coefficient (Wildman–Crippen LogP) is 2.80. The van der Waals surface area contributed by atoms with Crippen molar-refractivity contribution < 1.29 is 19.1 Å². The molecule has 0 saturated carbocycles. The summed E-state index contributed by atoms with van der Waals surface area (Å²) in [6, 6.07) is 12.9. The third-order valence-electron chi connectivity index (χ3n) is 6.15. The minimum absolute atomic E-state index is 0.284. The molecule has 0 unspecified atom stereocenters. The summed E-state index contributed by atoms with van der Waals surface area (Å²) in [6.07, 6.45) is 0.893. The lowest BCUT2D eigenvalue weighted by Gasteiger charge is -2.34. The SMILES string of the molecule is CCc1ccc(N2C(=O)C(c3ccc(OC)c(OC)c3)=C(N3CCN(C)CC3)C2=O)cc1. The lowest BCUT2D eigenvalue weighted by Crippen LogP contribution is -2.46. The van der Waals surface area contributed by atoms with Gasteiger partial charge in [-0.25, -0.2) is 4.90 Å². The molecule has 7 nitrogen and oxygen atoms in total. The molecular weight excluding hydrogens is 406 g/mol. The van der Waals surface area contributed by atoms with E-state index < -0.39 is 0 Å². The van der Waals surface area contributed by atoms with Gasteiger partial charge in [0.25, 0.3) is 11.8 Å². The highest BCUT2D eigenvalue weighted by Crippen LogP contribution is 2.38. The smallest absolute Gasteiger partial charge is 0.282 e. The van der Waals surface area contributed by atoms with Gasteiger partial charge in [-0.15, -0.1) is 0 Å². The second-order valence-electron chi connectivity index (χ2n) is 8.05. The summed E-state index contributed by atoms with van der Waals surface area (Å²) in [5.74, 6) is 0.483. The molecule has 2 aliphatic heterocycles. The number of amides is 2. The third-order valence-corrected chi connectivity index (χ3v) is 6.15. The van der Waals surface area contributed by atoms with E-state index in [1.54, 1.807) is 26.4 Å². The second kappa shape index (κ2) is 9.04. The number of nitrogens with zero attached hydrogens (tertiary/aromatic N) is 3. The Bertz CT molecular complexity index is 1050. The summed E-state index contributed by atoms with van der Waals surface area (Å²) in [4.78, 5) is 32.9. The number of methoxy groups -OCH3 is 2. The fourth-order valence-corrected chi connectivity index (χ4v) is 4.21. The molecule has 0 bridgehead atoms. The minimum atomic E-state index is -0.319. The first-order chi connectivity index (χ1) is 15.5. The van der Waals surface area contributed by atoms with E-state index in [-0.39, 0.29) is 11.8 Å². The van der Waals surface area contributed by atoms with Crippen LogP contribution in [0.25, 0.3) is 5.57 Å². The van der Waals surface area contributed by atoms with Gasteiger partial charge in [0.05, 0.1) is 25.5 Å². The van der Waals surface area contributed by atoms with Crippen LogP contribution in [0.2, 0.25) is 0 Å². The van der Waals surface area contributed by atoms with Crippen LogP contribution < -0.4 is 14.4 Å². The Kier molecular flexibility index (Phi) is 6.19. The van der Waals surface area contributed by atoms with Crippen molar-refractivity contribution in [3.8, 4) is 11.5 Å². The Balaban J connectivity index is 1.81. The molecule has 0 N–H and O–H groups in total. The maximum Gasteiger partial charge on any atom is 0.282 e. The van der Waals surface area contributed by atoms with Gasteiger partial charge in [-0.1, -0.05) is 25.1 Å². The van der Waals surface area contributed by atoms with E-state index in [4.69, 9.17) is 9.47 Å². The van der Waals surface area contributed by atoms with Gasteiger partial charge in [0.2, 0.25) is 0 Å². The number of benzene rings is 2. The molecule has 168 valence electrons. The maximum atomic E-state index is 13.7. The van der Waals surface area contributed by atoms with Crippen LogP contribution in [-0.2, 0) is 16.0 Å². The number of aryl methyl sites for hydroxylation is 1. The lowest BCUT2D eigenvalue weighted by atomic mass is 10.0. The molecule has 0 radical (unpaired) electrons. The standard InChI is InChI=1S/C25H29N3O4/c1-5-17-6-9-19(10-7-17)28-24(29)22(18-8-11-20(31-3)21(16-18)32-4)23(25(28)30)27-14-12-26(2)13-15-27/h6-11,16H,5,12-15H2,1-4H3. The van der Waals surface area contributed by atoms with Crippen molar-refractivity contribution in [3.63, 3.8) is 0 Å². The van der Waals surface area contributed by atoms with Crippen molar-refractivity contribution in [1.82, 2.24) is 9.80 Å². The summed E-state index contributed by atoms with van der Waals surface area (Å²) in [5.41, 5.74) is 3.23. The zero-order valence-electron chi connectivity index (χ0n) is 19.1. The summed E-state index contributed by atoms with van der Waals surface area (Å²) in [7, 11) is 5.18. The van der Waals surface area contributed by atoms with Crippen molar-refractivity contribution >= 4 is 23.1 Å². The Morgan fingerprint density at radius 3 is 2.09 bits per heavy atom. The summed E-state index contributed by atoms with van der Waals surface area (Å²) in [5, 5.41) is 0. The molecule has 2 aliphatic rings. The topological polar surface area (TPSA) is 62.3 Å². The van der Waals surface area contributed by atoms with Crippen LogP contribution in [0.15, 0.2) is 48.2 Å². The molecule has 2 heterocycles. The van der Waals surface area contributed by atoms with Gasteiger partial charge in [0.1, 0.15) is 5.70 Å². The first kappa shape index (κ1) is 21.9. The van der Waals surface area contributed by atoms with E-state index >= 15 is 0 Å². The van der Waals surface area contributed by atoms with E-state index in [9.17, 15) is 9.59 Å². The zero-order valence-corrected chi connectivity index (χ0v) is 19.1. The van der Waals surface area contributed by atoms with Gasteiger partial charge < -0.3 is 19.3 Å². The largest absolute Gasteiger partial charge is 0.493 e. The van der Waals surface area contributed by atoms with Gasteiger partial charge in [-0.2, -0.15) is 0 Å². The number of rotatable bonds is 6. The predicted molar refractivity (Wildman–Crippen MR) is 124 cm³/mol. The molecule has 4 rings (SSSR count). The van der Waals surface area contributed by atoms with Gasteiger partial charge >= 0.3 is 0 Å². The van der Waals surface area contributed by atoms with Crippen LogP contribution in [-0.4, -0.2) is 69.1 Å². The van der Waals surface area contributed by atoms with E-state index in [0.717, 1.165) is 25.1 Å². The molecule has 2 amide bonds. The lowest BCUT2D eigenvalue weighted by molar-refractivity contribution is -0.120. The van der Waals surface area contributed by atoms with Crippen LogP contribution in [0.4, 0.5) is 5.69 Å². The summed E-state index contributed by atoms with van der Waals surface area (Å²) >= 11 is 0. The number of imide groups is 1. The van der Waals surface area contributed by atoms with Crippen LogP contribution in [0.1, 0.15) is 18.1 Å². The monoisotopic (exact) mass is 435 g/mol. The number of hydrogen-bond acceptors (Lipinski definition) is 6. The third kappa shape index (κ3) is 3.84. The number of carbonyl (C=O) groups excluding carboxylic acids is 2. The van der Waals surface area contributed by atoms with Crippen molar-refractivity contribution in [3.05, 3.63) is 59.3 Å². The van der Waals surface area contributed by atoms with E-state index in [2.05, 4.69) is 18.9 Å². The number of likely N-dealkylation sites (N-methyl/N-ethyl adjacent to an activating group) is 1. The average molecular weight is 436 g/mol. The van der Waals surface area contributed by atoms with Crippen molar-refractivity contribution in [2.75, 3.05) is 52.3 Å². The molecule has 7 heteroatoms. The van der Waals surface area contributed by atoms with Crippen LogP contribution in [0.5, 0.6) is 11.5 Å². The van der Waals surface area contributed by atoms with Gasteiger partial charge in [-0.3, -0.25) is 9.59 Å². The number of piperazine rings is 1. The molecule has 0 aliphatic carbocycles. The first-order valence-electron chi connectivity index (χ1n) is 10.9. The van der Waals surface area contributed by atoms with E-state index in [1.807, 2.05) is 35.2 Å². The minimum Gasteiger partial charge on any atom is -0.493 e. The van der Waals surface area contributed by atoms with Crippen LogP contribution in [0.3, 0.4) is 0 Å². The highest BCUT2D eigenvalue weighted by Gasteiger charge is 2.43. The van der Waals surface area contributed by atoms with Gasteiger partial charge in [0.15, 0.2) is 11.5 Å². The number of hydrogen-bond donors (Lipinski definition) is 0. The van der Waals surface area contributed by atoms with Crippen LogP contribution in [0, 0.1) is 0 Å². The Hall–Kier alpha value is -3.32. The fourth-order valence-electron chi connectivity index (χ4n) is 4.21. The molecule has 2 aromatic carbocycles. The highest BCUT2D eigenvalue weighted by molar-refractivity contribution is 6.45. The van der Waals surface area contributed by atoms with Gasteiger partial charge in [-0.05, 0) is 48.9 Å². The molecule has 0 spiro atoms. The van der Waals surface area contributed by atoms with Crippen molar-refractivity contribution in [2.45, 2.75) is 13.3 Å². The number of anilines is 1. The highest BCUT2D eigenvalue weighted by atomic mass is 16.5. The molecule has 1 saturated heterocycles. The summed E-state index contributed by atoms with van der Waals surface area (Å²) in [6.45, 7) is 5.10. The van der Waals surface area contributed by atoms with Crippen molar-refractivity contribution in [2.24, 2.45) is 0 Å². The normalized spacial score (nSPS) is 17.4. The second-order valence-corrected chi connectivity index (χ2v) is 8.05. The van der Waals surface area contributed by atoms with E-state index in [1.165, 1.54) is 4.90 Å². The number of carbonyl (C=O) groups is 2. The average Bonchev–Trinajstić information content (AvgIpc) is 3.09. The van der Waals surface area contributed by atoms with Gasteiger partial charge in [0, 0.05) is 26.2 Å². The molecule has 0 atom stereocenters. The number of ether oxygens (including phenoxy) is 2. The molecule has 0 aromatic heterocycles. The maximum absolute atomic E-state index is 13.7. The van der Waals surface area contributed by atoms with Crippen LogP contribution >= 0.6 is 0 Å².